The highest BCUT2D eigenvalue weighted by Gasteiger charge is 2.49. The number of aromatic hydroxyl groups is 1. The molecule has 0 spiro atoms. The number of anilines is 1. The number of aromatic nitrogens is 3. The summed E-state index contributed by atoms with van der Waals surface area (Å²) in [7, 11) is 0. The first-order valence-electron chi connectivity index (χ1n) is 15.3. The Balaban J connectivity index is 1.20. The Morgan fingerprint density at radius 2 is 2.05 bits per heavy atom. The van der Waals surface area contributed by atoms with Gasteiger partial charge in [-0.25, -0.2) is 13.8 Å². The van der Waals surface area contributed by atoms with Gasteiger partial charge in [-0.05, 0) is 61.9 Å². The number of nitrogens with one attached hydrogen (secondary N) is 1. The van der Waals surface area contributed by atoms with Crippen molar-refractivity contribution < 1.29 is 23.4 Å². The molecule has 5 aliphatic rings. The maximum absolute atomic E-state index is 15.2. The van der Waals surface area contributed by atoms with Gasteiger partial charge in [0, 0.05) is 42.5 Å². The number of hydrogen-bond acceptors (Lipinski definition) is 9. The third kappa shape index (κ3) is 3.97. The number of hydrogen-bond donors (Lipinski definition) is 2. The Hall–Kier alpha value is -3.83. The van der Waals surface area contributed by atoms with Crippen LogP contribution in [0.5, 0.6) is 17.6 Å². The lowest BCUT2D eigenvalue weighted by molar-refractivity contribution is 0.107. The molecule has 7 heterocycles. The highest BCUT2D eigenvalue weighted by atomic mass is 19.1. The molecule has 2 aromatic heterocycles. The SMILES string of the molecule is Oc1cc(-c2cc3nc(OC[C@]45CCCN4C[C@@H](F)C5)nc4c3c(n2)OC[C@H]2[C@H]3CC[C@@H](CN42)N3)c2c(F)cccc2c1. The van der Waals surface area contributed by atoms with Gasteiger partial charge in [-0.15, -0.1) is 0 Å². The first kappa shape index (κ1) is 25.6. The number of piperazine rings is 1. The molecule has 0 radical (unpaired) electrons. The average Bonchev–Trinajstić information content (AvgIpc) is 3.62. The second-order valence-corrected chi connectivity index (χ2v) is 12.8. The minimum atomic E-state index is -0.853. The van der Waals surface area contributed by atoms with Crippen LogP contribution in [0.3, 0.4) is 0 Å². The zero-order valence-corrected chi connectivity index (χ0v) is 23.6. The van der Waals surface area contributed by atoms with Gasteiger partial charge in [0.25, 0.3) is 0 Å². The van der Waals surface area contributed by atoms with Gasteiger partial charge >= 0.3 is 6.01 Å². The van der Waals surface area contributed by atoms with Crippen molar-refractivity contribution in [3.8, 4) is 28.9 Å². The first-order valence-corrected chi connectivity index (χ1v) is 15.3. The number of fused-ring (bicyclic) bond motifs is 7. The number of nitrogens with zero attached hydrogens (tertiary/aromatic N) is 5. The van der Waals surface area contributed by atoms with E-state index in [1.807, 2.05) is 0 Å². The smallest absolute Gasteiger partial charge is 0.319 e. The molecule has 0 aliphatic carbocycles. The molecule has 0 saturated carbocycles. The number of phenols is 1. The average molecular weight is 587 g/mol. The van der Waals surface area contributed by atoms with Gasteiger partial charge in [0.05, 0.1) is 22.8 Å². The number of phenolic OH excluding ortho intramolecular Hbond substituents is 1. The Morgan fingerprint density at radius 3 is 2.98 bits per heavy atom. The number of rotatable bonds is 4. The van der Waals surface area contributed by atoms with E-state index in [1.165, 1.54) is 18.2 Å². The van der Waals surface area contributed by atoms with Crippen LogP contribution in [0.4, 0.5) is 14.6 Å². The van der Waals surface area contributed by atoms with Crippen LogP contribution in [-0.2, 0) is 0 Å². The summed E-state index contributed by atoms with van der Waals surface area (Å²) in [4.78, 5) is 19.2. The predicted octanol–water partition coefficient (Wildman–Crippen LogP) is 4.35. The molecule has 2 aromatic carbocycles. The summed E-state index contributed by atoms with van der Waals surface area (Å²) in [5.41, 5.74) is 1.11. The van der Waals surface area contributed by atoms with Crippen LogP contribution in [0, 0.1) is 5.82 Å². The van der Waals surface area contributed by atoms with E-state index in [2.05, 4.69) is 15.1 Å². The first-order chi connectivity index (χ1) is 20.9. The van der Waals surface area contributed by atoms with E-state index in [4.69, 9.17) is 24.4 Å². The lowest BCUT2D eigenvalue weighted by Crippen LogP contribution is -2.60. The molecule has 43 heavy (non-hydrogen) atoms. The number of pyridine rings is 1. The zero-order valence-electron chi connectivity index (χ0n) is 23.6. The van der Waals surface area contributed by atoms with Gasteiger partial charge in [-0.1, -0.05) is 12.1 Å². The molecule has 5 atom stereocenters. The minimum Gasteiger partial charge on any atom is -0.508 e. The minimum absolute atomic E-state index is 0.0107. The number of halogens is 2. The zero-order chi connectivity index (χ0) is 28.9. The highest BCUT2D eigenvalue weighted by Crippen LogP contribution is 2.44. The summed E-state index contributed by atoms with van der Waals surface area (Å²) < 4.78 is 42.4. The van der Waals surface area contributed by atoms with Crippen LogP contribution in [0.1, 0.15) is 32.1 Å². The Labute approximate surface area is 246 Å². The van der Waals surface area contributed by atoms with E-state index < -0.39 is 12.0 Å². The normalized spacial score (nSPS) is 29.5. The van der Waals surface area contributed by atoms with Crippen molar-refractivity contribution in [1.82, 2.24) is 25.2 Å². The Kier molecular flexibility index (Phi) is 5.57. The fraction of sp³-hybridized carbons (Fsp3) is 0.469. The van der Waals surface area contributed by atoms with Crippen molar-refractivity contribution in [1.29, 1.82) is 0 Å². The lowest BCUT2D eigenvalue weighted by atomic mass is 9.95. The molecule has 2 N–H and O–H groups in total. The van der Waals surface area contributed by atoms with Crippen LogP contribution >= 0.6 is 0 Å². The fourth-order valence-electron chi connectivity index (χ4n) is 8.31. The van der Waals surface area contributed by atoms with Crippen molar-refractivity contribution in [2.24, 2.45) is 0 Å². The van der Waals surface area contributed by atoms with E-state index in [1.54, 1.807) is 18.2 Å². The van der Waals surface area contributed by atoms with Crippen LogP contribution < -0.4 is 19.7 Å². The van der Waals surface area contributed by atoms with Crippen LogP contribution in [-0.4, -0.2) is 87.6 Å². The fourth-order valence-corrected chi connectivity index (χ4v) is 8.31. The Morgan fingerprint density at radius 1 is 1.12 bits per heavy atom. The van der Waals surface area contributed by atoms with E-state index in [0.717, 1.165) is 44.6 Å². The second kappa shape index (κ2) is 9.33. The number of ether oxygens (including phenoxy) is 2. The summed E-state index contributed by atoms with van der Waals surface area (Å²) in [6, 6.07) is 10.5. The molecule has 11 heteroatoms. The number of benzene rings is 2. The van der Waals surface area contributed by atoms with E-state index in [0.29, 0.717) is 71.0 Å². The molecule has 2 bridgehead atoms. The van der Waals surface area contributed by atoms with Crippen molar-refractivity contribution in [2.75, 3.05) is 37.7 Å². The largest absolute Gasteiger partial charge is 0.508 e. The maximum atomic E-state index is 15.2. The lowest BCUT2D eigenvalue weighted by Gasteiger charge is -2.40. The molecule has 9 nitrogen and oxygen atoms in total. The molecular formula is C32H32F2N6O3. The molecule has 9 rings (SSSR count). The van der Waals surface area contributed by atoms with Crippen LogP contribution in [0.15, 0.2) is 36.4 Å². The molecule has 4 fully saturated rings. The third-order valence-corrected chi connectivity index (χ3v) is 10.2. The second-order valence-electron chi connectivity index (χ2n) is 12.8. The third-order valence-electron chi connectivity index (χ3n) is 10.2. The monoisotopic (exact) mass is 586 g/mol. The molecule has 0 unspecified atom stereocenters. The molecular weight excluding hydrogens is 554 g/mol. The summed E-state index contributed by atoms with van der Waals surface area (Å²) in [5, 5.41) is 15.9. The van der Waals surface area contributed by atoms with E-state index >= 15 is 4.39 Å². The van der Waals surface area contributed by atoms with Gasteiger partial charge in [-0.3, -0.25) is 4.90 Å². The van der Waals surface area contributed by atoms with E-state index in [9.17, 15) is 9.50 Å². The highest BCUT2D eigenvalue weighted by molar-refractivity contribution is 6.01. The van der Waals surface area contributed by atoms with Gasteiger partial charge in [0.2, 0.25) is 5.88 Å². The van der Waals surface area contributed by atoms with Crippen molar-refractivity contribution in [3.63, 3.8) is 0 Å². The number of alkyl halides is 1. The standard InChI is InChI=1S/C32H32F2N6O3/c33-18-12-32(7-2-8-39(32)13-18)16-43-31-37-25-11-24(21-10-20(41)9-17-3-1-4-22(34)27(17)21)36-30-28(25)29(38-31)40-14-19-5-6-23(35-19)26(40)15-42-30/h1,3-4,9-11,18-19,23,26,35,41H,2,5-8,12-16H2/t18-,19-,23+,26-,32+/m0/s1. The van der Waals surface area contributed by atoms with Crippen LogP contribution in [0.25, 0.3) is 32.9 Å². The Bertz CT molecular complexity index is 1790. The molecule has 4 saturated heterocycles. The molecule has 0 amide bonds. The van der Waals surface area contributed by atoms with Crippen molar-refractivity contribution in [3.05, 3.63) is 42.2 Å². The van der Waals surface area contributed by atoms with Crippen molar-refractivity contribution in [2.45, 2.75) is 61.9 Å². The molecule has 222 valence electrons. The van der Waals surface area contributed by atoms with Gasteiger partial charge < -0.3 is 24.8 Å². The quantitative estimate of drug-likeness (QED) is 0.362. The topological polar surface area (TPSA) is 95.9 Å². The van der Waals surface area contributed by atoms with Crippen molar-refractivity contribution >= 4 is 27.5 Å². The summed E-state index contributed by atoms with van der Waals surface area (Å²) in [5.74, 6) is 0.702. The van der Waals surface area contributed by atoms with Gasteiger partial charge in [-0.2, -0.15) is 9.97 Å². The predicted molar refractivity (Wildman–Crippen MR) is 157 cm³/mol. The van der Waals surface area contributed by atoms with E-state index in [-0.39, 0.29) is 29.4 Å². The van der Waals surface area contributed by atoms with Crippen LogP contribution in [0.2, 0.25) is 0 Å². The maximum Gasteiger partial charge on any atom is 0.319 e. The van der Waals surface area contributed by atoms with Gasteiger partial charge in [0.1, 0.15) is 42.2 Å². The summed E-state index contributed by atoms with van der Waals surface area (Å²) in [6.07, 6.45) is 3.67. The summed E-state index contributed by atoms with van der Waals surface area (Å²) in [6.45, 7) is 2.83. The molecule has 4 aromatic rings. The summed E-state index contributed by atoms with van der Waals surface area (Å²) >= 11 is 0. The van der Waals surface area contributed by atoms with Gasteiger partial charge in [0.15, 0.2) is 0 Å². The molecule has 5 aliphatic heterocycles.